The van der Waals surface area contributed by atoms with E-state index in [0.29, 0.717) is 17.7 Å². The van der Waals surface area contributed by atoms with Crippen LogP contribution >= 0.6 is 0 Å². The number of aliphatic hydroxyl groups excluding tert-OH is 1. The summed E-state index contributed by atoms with van der Waals surface area (Å²) in [6, 6.07) is 4.31. The van der Waals surface area contributed by atoms with Crippen LogP contribution in [0.5, 0.6) is 11.5 Å². The fraction of sp³-hybridized carbons (Fsp3) is 0.556. The lowest BCUT2D eigenvalue weighted by Gasteiger charge is -2.58. The number of hydrogen-bond donors (Lipinski definition) is 2. The van der Waals surface area contributed by atoms with E-state index in [9.17, 15) is 10.2 Å². The topological polar surface area (TPSA) is 49.7 Å². The summed E-state index contributed by atoms with van der Waals surface area (Å²) >= 11 is 0. The first-order valence-electron chi connectivity index (χ1n) is 8.16. The molecule has 116 valence electrons. The summed E-state index contributed by atoms with van der Waals surface area (Å²) in [5.41, 5.74) is 2.32. The highest BCUT2D eigenvalue weighted by Crippen LogP contribution is 2.63. The van der Waals surface area contributed by atoms with Crippen molar-refractivity contribution in [2.45, 2.75) is 36.5 Å². The smallest absolute Gasteiger partial charge is 0.165 e. The summed E-state index contributed by atoms with van der Waals surface area (Å²) in [5, 5.41) is 20.8. The van der Waals surface area contributed by atoms with Crippen molar-refractivity contribution in [3.05, 3.63) is 35.4 Å². The van der Waals surface area contributed by atoms with Crippen molar-refractivity contribution in [3.63, 3.8) is 0 Å². The van der Waals surface area contributed by atoms with E-state index in [0.717, 1.165) is 23.9 Å². The Bertz CT molecular complexity index is 711. The van der Waals surface area contributed by atoms with Crippen LogP contribution in [0.15, 0.2) is 24.3 Å². The van der Waals surface area contributed by atoms with Crippen LogP contribution in [0.4, 0.5) is 0 Å². The van der Waals surface area contributed by atoms with Gasteiger partial charge in [-0.05, 0) is 11.6 Å². The molecule has 0 saturated carbocycles. The van der Waals surface area contributed by atoms with Crippen molar-refractivity contribution in [3.8, 4) is 11.5 Å². The zero-order chi connectivity index (χ0) is 15.3. The second-order valence-corrected chi connectivity index (χ2v) is 7.95. The maximum absolute atomic E-state index is 10.5. The number of phenols is 1. The van der Waals surface area contributed by atoms with Gasteiger partial charge >= 0.3 is 0 Å². The molecular formula is C18H22NO3+. The van der Waals surface area contributed by atoms with Gasteiger partial charge in [0.15, 0.2) is 11.5 Å². The van der Waals surface area contributed by atoms with Gasteiger partial charge in [-0.1, -0.05) is 18.2 Å². The fourth-order valence-electron chi connectivity index (χ4n) is 5.60. The highest BCUT2D eigenvalue weighted by Gasteiger charge is 2.67. The number of ether oxygens (including phenoxy) is 1. The summed E-state index contributed by atoms with van der Waals surface area (Å²) in [6.45, 7) is 1.08. The molecule has 4 nitrogen and oxygen atoms in total. The minimum Gasteiger partial charge on any atom is -0.504 e. The molecule has 2 N–H and O–H groups in total. The molecule has 0 amide bonds. The molecule has 0 radical (unpaired) electrons. The SMILES string of the molecule is C[N+]1(C)CCC23c4c5ccc(O)c4O[C@H]2[C@@H](O)C=C[C@H]3[C@H]1C5. The lowest BCUT2D eigenvalue weighted by molar-refractivity contribution is -0.926. The lowest BCUT2D eigenvalue weighted by atomic mass is 9.53. The molecule has 1 unspecified atom stereocenters. The summed E-state index contributed by atoms with van der Waals surface area (Å²) in [4.78, 5) is 0. The molecule has 5 rings (SSSR count). The van der Waals surface area contributed by atoms with Crippen LogP contribution in [0, 0.1) is 5.92 Å². The molecule has 22 heavy (non-hydrogen) atoms. The third kappa shape index (κ3) is 1.24. The average molecular weight is 300 g/mol. The maximum Gasteiger partial charge on any atom is 0.165 e. The first-order chi connectivity index (χ1) is 10.4. The molecule has 4 aliphatic rings. The molecule has 2 heterocycles. The number of likely N-dealkylation sites (tertiary alicyclic amines) is 1. The van der Waals surface area contributed by atoms with Gasteiger partial charge in [0.2, 0.25) is 0 Å². The van der Waals surface area contributed by atoms with Crippen LogP contribution in [0.3, 0.4) is 0 Å². The van der Waals surface area contributed by atoms with Crippen molar-refractivity contribution in [2.75, 3.05) is 20.6 Å². The molecule has 1 aromatic rings. The van der Waals surface area contributed by atoms with Crippen LogP contribution in [0.25, 0.3) is 0 Å². The van der Waals surface area contributed by atoms with Gasteiger partial charge in [-0.3, -0.25) is 0 Å². The van der Waals surface area contributed by atoms with E-state index in [2.05, 4.69) is 26.2 Å². The van der Waals surface area contributed by atoms with E-state index in [1.54, 1.807) is 6.07 Å². The number of quaternary nitrogens is 1. The molecule has 0 aromatic heterocycles. The Balaban J connectivity index is 1.84. The number of hydrogen-bond acceptors (Lipinski definition) is 3. The largest absolute Gasteiger partial charge is 0.504 e. The minimum absolute atomic E-state index is 0.158. The zero-order valence-electron chi connectivity index (χ0n) is 13.0. The van der Waals surface area contributed by atoms with Crippen molar-refractivity contribution < 1.29 is 19.4 Å². The van der Waals surface area contributed by atoms with Gasteiger partial charge in [-0.2, -0.15) is 0 Å². The molecule has 1 aromatic carbocycles. The summed E-state index contributed by atoms with van der Waals surface area (Å²) in [5.74, 6) is 1.22. The Morgan fingerprint density at radius 2 is 2.09 bits per heavy atom. The number of nitrogens with zero attached hydrogens (tertiary/aromatic N) is 1. The number of rotatable bonds is 0. The molecule has 5 atom stereocenters. The van der Waals surface area contributed by atoms with E-state index in [4.69, 9.17) is 4.74 Å². The molecular weight excluding hydrogens is 278 g/mol. The summed E-state index contributed by atoms with van der Waals surface area (Å²) in [6.07, 6.45) is 5.28. The lowest BCUT2D eigenvalue weighted by Crippen LogP contribution is -2.70. The molecule has 1 spiro atoms. The number of aromatic hydroxyl groups is 1. The number of phenolic OH excluding ortho intramolecular Hbond substituents is 1. The van der Waals surface area contributed by atoms with Gasteiger partial charge in [0.25, 0.3) is 0 Å². The Morgan fingerprint density at radius 3 is 2.91 bits per heavy atom. The second kappa shape index (κ2) is 3.69. The van der Waals surface area contributed by atoms with Crippen molar-refractivity contribution in [1.82, 2.24) is 0 Å². The summed E-state index contributed by atoms with van der Waals surface area (Å²) in [7, 11) is 4.63. The predicted octanol–water partition coefficient (Wildman–Crippen LogP) is 1.34. The average Bonchev–Trinajstić information content (AvgIpc) is 2.84. The van der Waals surface area contributed by atoms with Crippen LogP contribution in [-0.2, 0) is 11.8 Å². The highest BCUT2D eigenvalue weighted by atomic mass is 16.5. The maximum atomic E-state index is 10.5. The number of piperidine rings is 1. The Labute approximate surface area is 130 Å². The van der Waals surface area contributed by atoms with E-state index in [-0.39, 0.29) is 17.3 Å². The van der Waals surface area contributed by atoms with Crippen molar-refractivity contribution in [2.24, 2.45) is 5.92 Å². The Kier molecular flexibility index (Phi) is 2.17. The normalized spacial score (nSPS) is 42.7. The first kappa shape index (κ1) is 13.0. The van der Waals surface area contributed by atoms with Gasteiger partial charge in [0.1, 0.15) is 18.2 Å². The van der Waals surface area contributed by atoms with Gasteiger partial charge < -0.3 is 19.4 Å². The van der Waals surface area contributed by atoms with E-state index in [1.165, 1.54) is 11.1 Å². The Morgan fingerprint density at radius 1 is 1.27 bits per heavy atom. The molecule has 2 bridgehead atoms. The quantitative estimate of drug-likeness (QED) is 0.561. The van der Waals surface area contributed by atoms with Crippen LogP contribution < -0.4 is 4.74 Å². The van der Waals surface area contributed by atoms with Crippen LogP contribution in [-0.4, -0.2) is 53.6 Å². The second-order valence-electron chi connectivity index (χ2n) is 7.95. The molecule has 1 fully saturated rings. The zero-order valence-corrected chi connectivity index (χ0v) is 13.0. The fourth-order valence-corrected chi connectivity index (χ4v) is 5.60. The molecule has 2 aliphatic heterocycles. The monoisotopic (exact) mass is 300 g/mol. The molecule has 2 aliphatic carbocycles. The van der Waals surface area contributed by atoms with Crippen molar-refractivity contribution in [1.29, 1.82) is 0 Å². The van der Waals surface area contributed by atoms with Gasteiger partial charge in [-0.15, -0.1) is 0 Å². The highest BCUT2D eigenvalue weighted by molar-refractivity contribution is 5.61. The Hall–Kier alpha value is -1.52. The summed E-state index contributed by atoms with van der Waals surface area (Å²) < 4.78 is 7.14. The number of benzene rings is 1. The van der Waals surface area contributed by atoms with Gasteiger partial charge in [0, 0.05) is 24.3 Å². The van der Waals surface area contributed by atoms with Gasteiger partial charge in [-0.25, -0.2) is 0 Å². The minimum atomic E-state index is -0.594. The van der Waals surface area contributed by atoms with E-state index < -0.39 is 6.10 Å². The van der Waals surface area contributed by atoms with E-state index >= 15 is 0 Å². The first-order valence-corrected chi connectivity index (χ1v) is 8.16. The predicted molar refractivity (Wildman–Crippen MR) is 81.9 cm³/mol. The number of likely N-dealkylation sites (N-methyl/N-ethyl adjacent to an activating group) is 1. The van der Waals surface area contributed by atoms with E-state index in [1.807, 2.05) is 6.08 Å². The van der Waals surface area contributed by atoms with Crippen LogP contribution in [0.2, 0.25) is 0 Å². The molecule has 4 heteroatoms. The number of aliphatic hydroxyl groups is 1. The van der Waals surface area contributed by atoms with Crippen molar-refractivity contribution >= 4 is 0 Å². The third-order valence-electron chi connectivity index (χ3n) is 6.70. The standard InChI is InChI=1S/C18H21NO3/c1-19(2)8-7-18-11-4-6-14(21)17(18)22-16-13(20)5-3-10(15(16)18)9-12(11)19/h3-6,11-12,14,17,21H,7-9H2,1-2H3/p+1/t11-,12+,14-,17-,18?/m0/s1. The third-order valence-corrected chi connectivity index (χ3v) is 6.70. The van der Waals surface area contributed by atoms with Gasteiger partial charge in [0.05, 0.1) is 26.1 Å². The molecule has 1 saturated heterocycles. The van der Waals surface area contributed by atoms with Crippen LogP contribution in [0.1, 0.15) is 17.5 Å².